The van der Waals surface area contributed by atoms with Gasteiger partial charge in [0.1, 0.15) is 5.01 Å². The van der Waals surface area contributed by atoms with Crippen molar-refractivity contribution in [2.75, 3.05) is 5.32 Å². The monoisotopic (exact) mass is 317 g/mol. The standard InChI is InChI=1S/C17H23N3OS/c1-3-5-7-13-8-10-14(11-9-13)12-15(21)18-17-20-19-16(22-17)6-4-2/h8-11H,3-7,12H2,1-2H3,(H,18,20,21). The fourth-order valence-electron chi connectivity index (χ4n) is 2.17. The third-order valence-electron chi connectivity index (χ3n) is 3.38. The Morgan fingerprint density at radius 2 is 1.77 bits per heavy atom. The summed E-state index contributed by atoms with van der Waals surface area (Å²) < 4.78 is 0. The minimum absolute atomic E-state index is 0.0412. The topological polar surface area (TPSA) is 54.9 Å². The zero-order chi connectivity index (χ0) is 15.8. The number of unbranched alkanes of at least 4 members (excludes halogenated alkanes) is 1. The van der Waals surface area contributed by atoms with E-state index in [0.29, 0.717) is 11.6 Å². The van der Waals surface area contributed by atoms with Crippen LogP contribution in [0.3, 0.4) is 0 Å². The van der Waals surface area contributed by atoms with E-state index in [1.165, 1.54) is 29.7 Å². The molecule has 0 spiro atoms. The Morgan fingerprint density at radius 1 is 1.05 bits per heavy atom. The van der Waals surface area contributed by atoms with Gasteiger partial charge in [-0.3, -0.25) is 4.79 Å². The van der Waals surface area contributed by atoms with Gasteiger partial charge in [-0.15, -0.1) is 10.2 Å². The van der Waals surface area contributed by atoms with Crippen molar-refractivity contribution in [3.05, 3.63) is 40.4 Å². The van der Waals surface area contributed by atoms with Crippen LogP contribution in [0.15, 0.2) is 24.3 Å². The fourth-order valence-corrected chi connectivity index (χ4v) is 3.03. The van der Waals surface area contributed by atoms with E-state index in [9.17, 15) is 4.79 Å². The summed E-state index contributed by atoms with van der Waals surface area (Å²) in [7, 11) is 0. The average Bonchev–Trinajstić information content (AvgIpc) is 2.94. The van der Waals surface area contributed by atoms with Gasteiger partial charge in [0.15, 0.2) is 0 Å². The smallest absolute Gasteiger partial charge is 0.230 e. The van der Waals surface area contributed by atoms with E-state index in [4.69, 9.17) is 0 Å². The summed E-state index contributed by atoms with van der Waals surface area (Å²) in [6, 6.07) is 8.30. The summed E-state index contributed by atoms with van der Waals surface area (Å²) in [4.78, 5) is 12.0. The van der Waals surface area contributed by atoms with E-state index in [-0.39, 0.29) is 5.91 Å². The molecule has 0 saturated heterocycles. The summed E-state index contributed by atoms with van der Waals surface area (Å²) in [5.41, 5.74) is 2.36. The lowest BCUT2D eigenvalue weighted by atomic mass is 10.0. The summed E-state index contributed by atoms with van der Waals surface area (Å²) >= 11 is 1.45. The maximum atomic E-state index is 12.0. The van der Waals surface area contributed by atoms with E-state index >= 15 is 0 Å². The Kier molecular flexibility index (Phi) is 6.52. The number of aryl methyl sites for hydroxylation is 2. The molecule has 5 heteroatoms. The highest BCUT2D eigenvalue weighted by Crippen LogP contribution is 2.17. The lowest BCUT2D eigenvalue weighted by Gasteiger charge is -2.04. The number of benzene rings is 1. The zero-order valence-electron chi connectivity index (χ0n) is 13.3. The van der Waals surface area contributed by atoms with Crippen LogP contribution in [-0.4, -0.2) is 16.1 Å². The number of rotatable bonds is 8. The van der Waals surface area contributed by atoms with Gasteiger partial charge in [-0.2, -0.15) is 0 Å². The molecule has 1 aromatic carbocycles. The van der Waals surface area contributed by atoms with E-state index in [0.717, 1.165) is 29.8 Å². The van der Waals surface area contributed by atoms with Crippen LogP contribution >= 0.6 is 11.3 Å². The van der Waals surface area contributed by atoms with Gasteiger partial charge in [-0.25, -0.2) is 0 Å². The van der Waals surface area contributed by atoms with Crippen LogP contribution in [0.5, 0.6) is 0 Å². The molecule has 0 radical (unpaired) electrons. The van der Waals surface area contributed by atoms with Crippen LogP contribution in [0.1, 0.15) is 49.2 Å². The number of amides is 1. The first kappa shape index (κ1) is 16.6. The second-order valence-electron chi connectivity index (χ2n) is 5.40. The predicted octanol–water partition coefficient (Wildman–Crippen LogP) is 4.01. The SMILES string of the molecule is CCCCc1ccc(CC(=O)Nc2nnc(CCC)s2)cc1. The first-order valence-electron chi connectivity index (χ1n) is 7.91. The molecule has 2 aromatic rings. The van der Waals surface area contributed by atoms with Crippen LogP contribution in [0.4, 0.5) is 5.13 Å². The van der Waals surface area contributed by atoms with Gasteiger partial charge < -0.3 is 5.32 Å². The summed E-state index contributed by atoms with van der Waals surface area (Å²) in [5, 5.41) is 12.4. The molecule has 118 valence electrons. The quantitative estimate of drug-likeness (QED) is 0.800. The van der Waals surface area contributed by atoms with E-state index in [2.05, 4.69) is 41.5 Å². The number of carbonyl (C=O) groups excluding carboxylic acids is 1. The van der Waals surface area contributed by atoms with E-state index in [1.54, 1.807) is 0 Å². The number of carbonyl (C=O) groups is 1. The molecule has 0 atom stereocenters. The van der Waals surface area contributed by atoms with Crippen molar-refractivity contribution in [2.45, 2.75) is 52.4 Å². The van der Waals surface area contributed by atoms with Crippen molar-refractivity contribution < 1.29 is 4.79 Å². The number of hydrogen-bond acceptors (Lipinski definition) is 4. The van der Waals surface area contributed by atoms with Gasteiger partial charge >= 0.3 is 0 Å². The molecule has 2 rings (SSSR count). The van der Waals surface area contributed by atoms with Crippen molar-refractivity contribution >= 4 is 22.4 Å². The Balaban J connectivity index is 1.85. The minimum Gasteiger partial charge on any atom is -0.300 e. The summed E-state index contributed by atoms with van der Waals surface area (Å²) in [6.07, 6.45) is 5.83. The third kappa shape index (κ3) is 5.22. The first-order chi connectivity index (χ1) is 10.7. The highest BCUT2D eigenvalue weighted by molar-refractivity contribution is 7.15. The molecular formula is C17H23N3OS. The zero-order valence-corrected chi connectivity index (χ0v) is 14.1. The van der Waals surface area contributed by atoms with Gasteiger partial charge in [0.05, 0.1) is 6.42 Å². The van der Waals surface area contributed by atoms with Crippen molar-refractivity contribution in [1.29, 1.82) is 0 Å². The Morgan fingerprint density at radius 3 is 2.45 bits per heavy atom. The van der Waals surface area contributed by atoms with Crippen molar-refractivity contribution in [2.24, 2.45) is 0 Å². The van der Waals surface area contributed by atoms with E-state index < -0.39 is 0 Å². The molecule has 4 nitrogen and oxygen atoms in total. The molecule has 0 aliphatic heterocycles. The lowest BCUT2D eigenvalue weighted by molar-refractivity contribution is -0.115. The number of nitrogens with one attached hydrogen (secondary N) is 1. The van der Waals surface area contributed by atoms with E-state index in [1.807, 2.05) is 12.1 Å². The molecule has 1 amide bonds. The Bertz CT molecular complexity index is 592. The van der Waals surface area contributed by atoms with Crippen LogP contribution in [-0.2, 0) is 24.1 Å². The molecule has 22 heavy (non-hydrogen) atoms. The highest BCUT2D eigenvalue weighted by atomic mass is 32.1. The number of aromatic nitrogens is 2. The van der Waals surface area contributed by atoms with Crippen molar-refractivity contribution in [3.63, 3.8) is 0 Å². The van der Waals surface area contributed by atoms with Gasteiger partial charge in [0.25, 0.3) is 0 Å². The van der Waals surface area contributed by atoms with Gasteiger partial charge in [0, 0.05) is 6.42 Å². The highest BCUT2D eigenvalue weighted by Gasteiger charge is 2.08. The minimum atomic E-state index is -0.0412. The maximum absolute atomic E-state index is 12.0. The van der Waals surface area contributed by atoms with Crippen LogP contribution in [0.25, 0.3) is 0 Å². The first-order valence-corrected chi connectivity index (χ1v) is 8.73. The Hall–Kier alpha value is -1.75. The molecule has 0 bridgehead atoms. The molecule has 1 heterocycles. The molecule has 0 aliphatic rings. The summed E-state index contributed by atoms with van der Waals surface area (Å²) in [5.74, 6) is -0.0412. The number of nitrogens with zero attached hydrogens (tertiary/aromatic N) is 2. The average molecular weight is 317 g/mol. The van der Waals surface area contributed by atoms with Crippen molar-refractivity contribution in [3.8, 4) is 0 Å². The number of anilines is 1. The molecule has 1 N–H and O–H groups in total. The molecule has 0 unspecified atom stereocenters. The molecule has 1 aromatic heterocycles. The van der Waals surface area contributed by atoms with Gasteiger partial charge in [-0.05, 0) is 30.4 Å². The second-order valence-corrected chi connectivity index (χ2v) is 6.46. The molecule has 0 aliphatic carbocycles. The van der Waals surface area contributed by atoms with Crippen LogP contribution in [0, 0.1) is 0 Å². The molecular weight excluding hydrogens is 294 g/mol. The van der Waals surface area contributed by atoms with Crippen LogP contribution in [0.2, 0.25) is 0 Å². The normalized spacial score (nSPS) is 10.6. The van der Waals surface area contributed by atoms with Crippen LogP contribution < -0.4 is 5.32 Å². The van der Waals surface area contributed by atoms with Gasteiger partial charge in [0.2, 0.25) is 11.0 Å². The lowest BCUT2D eigenvalue weighted by Crippen LogP contribution is -2.14. The third-order valence-corrected chi connectivity index (χ3v) is 4.28. The summed E-state index contributed by atoms with van der Waals surface area (Å²) in [6.45, 7) is 4.29. The van der Waals surface area contributed by atoms with Gasteiger partial charge in [-0.1, -0.05) is 55.9 Å². The molecule has 0 saturated carbocycles. The molecule has 0 fully saturated rings. The second kappa shape index (κ2) is 8.63. The largest absolute Gasteiger partial charge is 0.300 e. The fraction of sp³-hybridized carbons (Fsp3) is 0.471. The Labute approximate surface area is 136 Å². The predicted molar refractivity (Wildman–Crippen MR) is 91.3 cm³/mol. The number of hydrogen-bond donors (Lipinski definition) is 1. The van der Waals surface area contributed by atoms with Crippen molar-refractivity contribution in [1.82, 2.24) is 10.2 Å². The maximum Gasteiger partial charge on any atom is 0.230 e.